The van der Waals surface area contributed by atoms with Crippen LogP contribution in [0.1, 0.15) is 36.9 Å². The largest absolute Gasteiger partial charge is 0.491 e. The van der Waals surface area contributed by atoms with E-state index in [0.717, 1.165) is 57.4 Å². The van der Waals surface area contributed by atoms with Crippen molar-refractivity contribution in [3.8, 4) is 5.75 Å². The summed E-state index contributed by atoms with van der Waals surface area (Å²) in [5.41, 5.74) is -0.269. The van der Waals surface area contributed by atoms with Crippen LogP contribution in [0.4, 0.5) is 19.1 Å². The minimum atomic E-state index is -4.43. The van der Waals surface area contributed by atoms with Crippen LogP contribution < -0.4 is 9.64 Å². The Balaban J connectivity index is 1.21. The average molecular weight is 514 g/mol. The number of aromatic nitrogens is 3. The molecule has 12 heteroatoms. The highest BCUT2D eigenvalue weighted by atomic mass is 32.2. The van der Waals surface area contributed by atoms with Gasteiger partial charge in [0, 0.05) is 50.9 Å². The molecule has 8 nitrogen and oxygen atoms in total. The highest BCUT2D eigenvalue weighted by molar-refractivity contribution is 7.90. The van der Waals surface area contributed by atoms with Gasteiger partial charge in [-0.1, -0.05) is 0 Å². The topological polar surface area (TPSA) is 88.5 Å². The fourth-order valence-electron chi connectivity index (χ4n) is 4.69. The quantitative estimate of drug-likeness (QED) is 0.581. The SMILES string of the molecule is Cc1nc(S(C)(=O)=O)ccc1OCC1CCC(N2CCN(c3ncc(C(F)(F)F)cn3)CC2)CC1. The lowest BCUT2D eigenvalue weighted by Crippen LogP contribution is -2.51. The zero-order valence-corrected chi connectivity index (χ0v) is 20.6. The van der Waals surface area contributed by atoms with Crippen molar-refractivity contribution in [3.63, 3.8) is 0 Å². The molecule has 2 aromatic heterocycles. The molecule has 1 saturated heterocycles. The number of aryl methyl sites for hydroxylation is 1. The van der Waals surface area contributed by atoms with Gasteiger partial charge in [0.1, 0.15) is 5.75 Å². The van der Waals surface area contributed by atoms with E-state index in [-0.39, 0.29) is 5.03 Å². The maximum absolute atomic E-state index is 12.7. The average Bonchev–Trinajstić information content (AvgIpc) is 2.83. The molecule has 0 unspecified atom stereocenters. The Labute approximate surface area is 203 Å². The number of nitrogens with zero attached hydrogens (tertiary/aromatic N) is 5. The molecule has 3 heterocycles. The maximum Gasteiger partial charge on any atom is 0.419 e. The Morgan fingerprint density at radius 1 is 1.03 bits per heavy atom. The molecule has 35 heavy (non-hydrogen) atoms. The van der Waals surface area contributed by atoms with Gasteiger partial charge < -0.3 is 9.64 Å². The third-order valence-corrected chi connectivity index (χ3v) is 7.75. The number of alkyl halides is 3. The number of rotatable bonds is 6. The lowest BCUT2D eigenvalue weighted by atomic mass is 9.85. The third-order valence-electron chi connectivity index (χ3n) is 6.76. The van der Waals surface area contributed by atoms with E-state index in [9.17, 15) is 21.6 Å². The van der Waals surface area contributed by atoms with E-state index in [2.05, 4.69) is 19.9 Å². The predicted molar refractivity (Wildman–Crippen MR) is 124 cm³/mol. The van der Waals surface area contributed by atoms with Crippen molar-refractivity contribution in [2.75, 3.05) is 43.9 Å². The summed E-state index contributed by atoms with van der Waals surface area (Å²) in [5, 5.41) is 0.0489. The molecule has 0 spiro atoms. The molecule has 1 aliphatic heterocycles. The molecule has 1 saturated carbocycles. The number of piperazine rings is 1. The molecule has 0 radical (unpaired) electrons. The van der Waals surface area contributed by atoms with Gasteiger partial charge in [-0.2, -0.15) is 13.2 Å². The van der Waals surface area contributed by atoms with Crippen LogP contribution in [-0.2, 0) is 16.0 Å². The van der Waals surface area contributed by atoms with E-state index in [1.807, 2.05) is 4.90 Å². The highest BCUT2D eigenvalue weighted by Gasteiger charge is 2.32. The predicted octanol–water partition coefficient (Wildman–Crippen LogP) is 3.36. The molecular weight excluding hydrogens is 483 g/mol. The molecule has 2 aromatic rings. The Kier molecular flexibility index (Phi) is 7.51. The van der Waals surface area contributed by atoms with Crippen molar-refractivity contribution >= 4 is 15.8 Å². The fraction of sp³-hybridized carbons (Fsp3) is 0.609. The summed E-state index contributed by atoms with van der Waals surface area (Å²) >= 11 is 0. The van der Waals surface area contributed by atoms with Crippen molar-refractivity contribution < 1.29 is 26.3 Å². The third kappa shape index (κ3) is 6.40. The number of anilines is 1. The van der Waals surface area contributed by atoms with Gasteiger partial charge in [-0.05, 0) is 50.7 Å². The lowest BCUT2D eigenvalue weighted by molar-refractivity contribution is -0.138. The van der Waals surface area contributed by atoms with Crippen molar-refractivity contribution in [2.45, 2.75) is 49.9 Å². The molecule has 0 atom stereocenters. The van der Waals surface area contributed by atoms with Gasteiger partial charge in [0.25, 0.3) is 0 Å². The van der Waals surface area contributed by atoms with Crippen molar-refractivity contribution in [1.82, 2.24) is 19.9 Å². The molecule has 2 aliphatic rings. The van der Waals surface area contributed by atoms with Gasteiger partial charge >= 0.3 is 6.18 Å². The summed E-state index contributed by atoms with van der Waals surface area (Å²) < 4.78 is 67.4. The summed E-state index contributed by atoms with van der Waals surface area (Å²) in [4.78, 5) is 16.4. The van der Waals surface area contributed by atoms with Crippen LogP contribution in [0.5, 0.6) is 5.75 Å². The summed E-state index contributed by atoms with van der Waals surface area (Å²) in [7, 11) is -3.34. The van der Waals surface area contributed by atoms with Crippen molar-refractivity contribution in [2.24, 2.45) is 5.92 Å². The molecule has 1 aliphatic carbocycles. The number of sulfone groups is 1. The monoisotopic (exact) mass is 513 g/mol. The zero-order valence-electron chi connectivity index (χ0n) is 19.8. The molecule has 0 aromatic carbocycles. The first-order valence-electron chi connectivity index (χ1n) is 11.7. The Morgan fingerprint density at radius 3 is 2.20 bits per heavy atom. The first-order chi connectivity index (χ1) is 16.5. The fourth-order valence-corrected chi connectivity index (χ4v) is 5.30. The zero-order chi connectivity index (χ0) is 25.2. The second-order valence-corrected chi connectivity index (χ2v) is 11.2. The Bertz CT molecular complexity index is 1110. The van der Waals surface area contributed by atoms with Gasteiger partial charge in [0.05, 0.1) is 17.9 Å². The van der Waals surface area contributed by atoms with Gasteiger partial charge in [0.15, 0.2) is 14.9 Å². The number of ether oxygens (including phenoxy) is 1. The minimum Gasteiger partial charge on any atom is -0.491 e. The number of hydrogen-bond acceptors (Lipinski definition) is 8. The maximum atomic E-state index is 12.7. The van der Waals surface area contributed by atoms with Crippen LogP contribution >= 0.6 is 0 Å². The molecule has 192 valence electrons. The van der Waals surface area contributed by atoms with E-state index in [4.69, 9.17) is 4.74 Å². The Morgan fingerprint density at radius 2 is 1.66 bits per heavy atom. The summed E-state index contributed by atoms with van der Waals surface area (Å²) in [6, 6.07) is 3.63. The molecule has 4 rings (SSSR count). The first-order valence-corrected chi connectivity index (χ1v) is 13.6. The van der Waals surface area contributed by atoms with Crippen LogP contribution in [0, 0.1) is 12.8 Å². The van der Waals surface area contributed by atoms with Crippen molar-refractivity contribution in [1.29, 1.82) is 0 Å². The molecule has 0 N–H and O–H groups in total. The van der Waals surface area contributed by atoms with E-state index in [1.165, 1.54) is 6.07 Å². The summed E-state index contributed by atoms with van der Waals surface area (Å²) in [6.07, 6.45) is 2.60. The first kappa shape index (κ1) is 25.6. The Hall–Kier alpha value is -2.47. The smallest absolute Gasteiger partial charge is 0.419 e. The van der Waals surface area contributed by atoms with Gasteiger partial charge in [-0.3, -0.25) is 4.90 Å². The van der Waals surface area contributed by atoms with Crippen LogP contribution in [0.25, 0.3) is 0 Å². The van der Waals surface area contributed by atoms with Gasteiger partial charge in [0.2, 0.25) is 5.95 Å². The van der Waals surface area contributed by atoms with Crippen molar-refractivity contribution in [3.05, 3.63) is 35.8 Å². The number of pyridine rings is 1. The van der Waals surface area contributed by atoms with Gasteiger partial charge in [-0.15, -0.1) is 0 Å². The highest BCUT2D eigenvalue weighted by Crippen LogP contribution is 2.31. The summed E-state index contributed by atoms with van der Waals surface area (Å²) in [5.74, 6) is 1.39. The van der Waals surface area contributed by atoms with E-state index >= 15 is 0 Å². The minimum absolute atomic E-state index is 0.0489. The molecule has 0 bridgehead atoms. The number of halogens is 3. The van der Waals surface area contributed by atoms with Crippen LogP contribution in [-0.4, -0.2) is 73.4 Å². The second-order valence-electron chi connectivity index (χ2n) is 9.28. The molecular formula is C23H30F3N5O3S. The van der Waals surface area contributed by atoms with Crippen LogP contribution in [0.2, 0.25) is 0 Å². The van der Waals surface area contributed by atoms with Crippen LogP contribution in [0.15, 0.2) is 29.6 Å². The van der Waals surface area contributed by atoms with E-state index in [1.54, 1.807) is 13.0 Å². The van der Waals surface area contributed by atoms with Crippen LogP contribution in [0.3, 0.4) is 0 Å². The van der Waals surface area contributed by atoms with Gasteiger partial charge in [-0.25, -0.2) is 23.4 Å². The van der Waals surface area contributed by atoms with E-state index in [0.29, 0.717) is 49.0 Å². The molecule has 0 amide bonds. The summed E-state index contributed by atoms with van der Waals surface area (Å²) in [6.45, 7) is 5.35. The number of hydrogen-bond donors (Lipinski definition) is 0. The lowest BCUT2D eigenvalue weighted by Gasteiger charge is -2.42. The standard InChI is InChI=1S/C23H30F3N5O3S/c1-16-20(7-8-21(29-16)35(2,32)33)34-15-17-3-5-19(6-4-17)30-9-11-31(12-10-30)22-27-13-18(14-28-22)23(24,25)26/h7-8,13-14,17,19H,3-6,9-12,15H2,1-2H3. The molecule has 2 fully saturated rings. The second kappa shape index (κ2) is 10.3. The van der Waals surface area contributed by atoms with E-state index < -0.39 is 21.6 Å². The normalized spacial score (nSPS) is 22.3.